The van der Waals surface area contributed by atoms with E-state index < -0.39 is 19.8 Å². The molecule has 0 heterocycles. The Morgan fingerprint density at radius 2 is 1.70 bits per heavy atom. The molecule has 1 fully saturated rings. The largest absolute Gasteiger partial charge is 0.413 e. The number of carbonyl (C=O) groups excluding carboxylic acids is 1. The van der Waals surface area contributed by atoms with Gasteiger partial charge in [0, 0.05) is 0 Å². The topological polar surface area (TPSA) is 46.5 Å². The quantitative estimate of drug-likeness (QED) is 0.787. The summed E-state index contributed by atoms with van der Waals surface area (Å²) in [5.41, 5.74) is -0.602. The maximum Gasteiger partial charge on any atom is 0.192 e. The predicted molar refractivity (Wildman–Crippen MR) is 85.3 cm³/mol. The van der Waals surface area contributed by atoms with Crippen molar-refractivity contribution in [2.24, 2.45) is 5.41 Å². The average Bonchev–Trinajstić information content (AvgIpc) is 2.28. The zero-order valence-electron chi connectivity index (χ0n) is 14.2. The van der Waals surface area contributed by atoms with E-state index in [0.29, 0.717) is 6.42 Å². The molecule has 1 rings (SSSR count). The highest BCUT2D eigenvalue weighted by Gasteiger charge is 2.46. The van der Waals surface area contributed by atoms with Gasteiger partial charge in [0.2, 0.25) is 0 Å². The molecule has 0 aromatic carbocycles. The summed E-state index contributed by atoms with van der Waals surface area (Å²) in [4.78, 5) is 12.5. The lowest BCUT2D eigenvalue weighted by Crippen LogP contribution is -2.52. The number of hydrogen-bond donors (Lipinski definition) is 1. The van der Waals surface area contributed by atoms with E-state index in [2.05, 4.69) is 33.9 Å². The number of ketones is 1. The molecule has 1 saturated carbocycles. The maximum atomic E-state index is 12.5. The molecule has 1 aliphatic carbocycles. The Labute approximate surface area is 125 Å². The summed E-state index contributed by atoms with van der Waals surface area (Å²) in [5, 5.41) is 10.1. The van der Waals surface area contributed by atoms with Crippen LogP contribution >= 0.6 is 0 Å². The highest BCUT2D eigenvalue weighted by molar-refractivity contribution is 6.74. The molecule has 0 radical (unpaired) electrons. The van der Waals surface area contributed by atoms with Crippen molar-refractivity contribution in [3.63, 3.8) is 0 Å². The first kappa shape index (κ1) is 17.9. The van der Waals surface area contributed by atoms with Gasteiger partial charge in [-0.1, -0.05) is 47.5 Å². The number of hydrogen-bond acceptors (Lipinski definition) is 3. The normalized spacial score (nSPS) is 28.9. The molecule has 20 heavy (non-hydrogen) atoms. The van der Waals surface area contributed by atoms with Crippen molar-refractivity contribution in [2.45, 2.75) is 90.6 Å². The zero-order chi connectivity index (χ0) is 15.8. The number of rotatable bonds is 2. The number of Topliss-reactive ketones (excluding diaryl/α,β-unsaturated/α-hetero) is 1. The molecule has 0 amide bonds. The van der Waals surface area contributed by atoms with Crippen molar-refractivity contribution in [1.29, 1.82) is 0 Å². The third-order valence-corrected chi connectivity index (χ3v) is 9.67. The standard InChI is InChI=1S/C16H32O3Si/c1-15(2,3)20(6,7)19-13-11-9-8-10-12(17)14(18)16(13,4)5/h12-13,17H,8-11H2,1-7H3/t12-,13-/m0/s1. The predicted octanol–water partition coefficient (Wildman–Crippen LogP) is 3.91. The minimum atomic E-state index is -1.91. The van der Waals surface area contributed by atoms with Crippen LogP contribution in [0.25, 0.3) is 0 Å². The van der Waals surface area contributed by atoms with Crippen molar-refractivity contribution in [3.8, 4) is 0 Å². The van der Waals surface area contributed by atoms with Crippen LogP contribution in [0.2, 0.25) is 18.1 Å². The van der Waals surface area contributed by atoms with E-state index in [1.54, 1.807) is 0 Å². The molecular formula is C16H32O3Si. The fraction of sp³-hybridized carbons (Fsp3) is 0.938. The van der Waals surface area contributed by atoms with Gasteiger partial charge in [0.05, 0.1) is 11.5 Å². The van der Waals surface area contributed by atoms with Crippen LogP contribution in [0.5, 0.6) is 0 Å². The highest BCUT2D eigenvalue weighted by Crippen LogP contribution is 2.42. The van der Waals surface area contributed by atoms with Gasteiger partial charge in [0.15, 0.2) is 14.1 Å². The summed E-state index contributed by atoms with van der Waals surface area (Å²) < 4.78 is 6.52. The SMILES string of the molecule is CC1(C)C(=O)[C@@H](O)CCCC[C@@H]1O[Si](C)(C)C(C)(C)C. The molecule has 0 aromatic heterocycles. The first-order valence-corrected chi connectivity index (χ1v) is 10.7. The first-order valence-electron chi connectivity index (χ1n) is 7.80. The second kappa shape index (κ2) is 5.89. The van der Waals surface area contributed by atoms with Gasteiger partial charge in [-0.05, 0) is 31.0 Å². The summed E-state index contributed by atoms with van der Waals surface area (Å²) in [5.74, 6) is -0.0547. The van der Waals surface area contributed by atoms with E-state index >= 15 is 0 Å². The molecular weight excluding hydrogens is 268 g/mol. The minimum absolute atomic E-state index is 0.0547. The number of aliphatic hydroxyl groups excluding tert-OH is 1. The maximum absolute atomic E-state index is 12.5. The fourth-order valence-electron chi connectivity index (χ4n) is 2.49. The smallest absolute Gasteiger partial charge is 0.192 e. The minimum Gasteiger partial charge on any atom is -0.413 e. The Hall–Kier alpha value is -0.193. The summed E-state index contributed by atoms with van der Waals surface area (Å²) >= 11 is 0. The molecule has 1 N–H and O–H groups in total. The van der Waals surface area contributed by atoms with Gasteiger partial charge in [-0.15, -0.1) is 0 Å². The van der Waals surface area contributed by atoms with E-state index in [4.69, 9.17) is 4.43 Å². The highest BCUT2D eigenvalue weighted by atomic mass is 28.4. The van der Waals surface area contributed by atoms with Gasteiger partial charge < -0.3 is 9.53 Å². The Bertz CT molecular complexity index is 355. The van der Waals surface area contributed by atoms with E-state index in [0.717, 1.165) is 19.3 Å². The molecule has 3 nitrogen and oxygen atoms in total. The molecule has 0 saturated heterocycles. The average molecular weight is 301 g/mol. The van der Waals surface area contributed by atoms with Crippen LogP contribution in [0, 0.1) is 5.41 Å². The van der Waals surface area contributed by atoms with Crippen LogP contribution in [0.3, 0.4) is 0 Å². The Balaban J connectivity index is 2.98. The lowest BCUT2D eigenvalue weighted by Gasteiger charge is -2.45. The van der Waals surface area contributed by atoms with Crippen molar-refractivity contribution >= 4 is 14.1 Å². The number of aliphatic hydroxyl groups is 1. The molecule has 0 aromatic rings. The second-order valence-electron chi connectivity index (χ2n) is 8.25. The summed E-state index contributed by atoms with van der Waals surface area (Å²) in [7, 11) is -1.91. The molecule has 4 heteroatoms. The molecule has 118 valence electrons. The van der Waals surface area contributed by atoms with Crippen LogP contribution in [-0.2, 0) is 9.22 Å². The molecule has 1 aliphatic rings. The third kappa shape index (κ3) is 3.71. The van der Waals surface area contributed by atoms with Crippen LogP contribution < -0.4 is 0 Å². The summed E-state index contributed by atoms with van der Waals surface area (Å²) in [6, 6.07) is 0. The van der Waals surface area contributed by atoms with E-state index in [-0.39, 0.29) is 16.9 Å². The summed E-state index contributed by atoms with van der Waals surface area (Å²) in [6.45, 7) is 15.0. The van der Waals surface area contributed by atoms with E-state index in [9.17, 15) is 9.90 Å². The van der Waals surface area contributed by atoms with Crippen LogP contribution in [0.4, 0.5) is 0 Å². The van der Waals surface area contributed by atoms with Crippen molar-refractivity contribution in [1.82, 2.24) is 0 Å². The second-order valence-corrected chi connectivity index (χ2v) is 13.0. The summed E-state index contributed by atoms with van der Waals surface area (Å²) in [6.07, 6.45) is 2.53. The lowest BCUT2D eigenvalue weighted by molar-refractivity contribution is -0.143. The van der Waals surface area contributed by atoms with Crippen molar-refractivity contribution in [3.05, 3.63) is 0 Å². The van der Waals surface area contributed by atoms with Crippen molar-refractivity contribution in [2.75, 3.05) is 0 Å². The number of carbonyl (C=O) groups is 1. The van der Waals surface area contributed by atoms with Crippen LogP contribution in [-0.4, -0.2) is 31.4 Å². The Morgan fingerprint density at radius 1 is 1.20 bits per heavy atom. The monoisotopic (exact) mass is 300 g/mol. The van der Waals surface area contributed by atoms with E-state index in [1.807, 2.05) is 13.8 Å². The molecule has 0 unspecified atom stereocenters. The Morgan fingerprint density at radius 3 is 2.20 bits per heavy atom. The molecule has 0 spiro atoms. The van der Waals surface area contributed by atoms with Gasteiger partial charge in [0.25, 0.3) is 0 Å². The van der Waals surface area contributed by atoms with E-state index in [1.165, 1.54) is 0 Å². The van der Waals surface area contributed by atoms with Gasteiger partial charge in [-0.3, -0.25) is 4.79 Å². The molecule has 0 aliphatic heterocycles. The van der Waals surface area contributed by atoms with Gasteiger partial charge in [-0.2, -0.15) is 0 Å². The van der Waals surface area contributed by atoms with Gasteiger partial charge >= 0.3 is 0 Å². The van der Waals surface area contributed by atoms with Gasteiger partial charge in [0.1, 0.15) is 6.10 Å². The Kier molecular flexibility index (Phi) is 5.26. The van der Waals surface area contributed by atoms with Crippen molar-refractivity contribution < 1.29 is 14.3 Å². The molecule has 0 bridgehead atoms. The van der Waals surface area contributed by atoms with Gasteiger partial charge in [-0.25, -0.2) is 0 Å². The van der Waals surface area contributed by atoms with Crippen LogP contribution in [0.15, 0.2) is 0 Å². The third-order valence-electron chi connectivity index (χ3n) is 5.18. The lowest BCUT2D eigenvalue weighted by atomic mass is 9.75. The first-order chi connectivity index (χ1) is 8.89. The molecule has 2 atom stereocenters. The fourth-order valence-corrected chi connectivity index (χ4v) is 3.96. The van der Waals surface area contributed by atoms with Crippen LogP contribution in [0.1, 0.15) is 60.3 Å². The zero-order valence-corrected chi connectivity index (χ0v) is 15.2.